The van der Waals surface area contributed by atoms with E-state index in [2.05, 4.69) is 14.9 Å². The highest BCUT2D eigenvalue weighted by atomic mass is 32.2. The zero-order chi connectivity index (χ0) is 18.1. The van der Waals surface area contributed by atoms with Crippen molar-refractivity contribution in [2.45, 2.75) is 38.4 Å². The largest absolute Gasteiger partial charge is 0.420 e. The predicted octanol–water partition coefficient (Wildman–Crippen LogP) is 1.96. The van der Waals surface area contributed by atoms with Crippen LogP contribution in [-0.2, 0) is 22.9 Å². The second-order valence-electron chi connectivity index (χ2n) is 5.87. The van der Waals surface area contributed by atoms with Crippen molar-refractivity contribution >= 4 is 15.9 Å². The lowest BCUT2D eigenvalue weighted by molar-refractivity contribution is -0.136. The average Bonchev–Trinajstić information content (AvgIpc) is 2.76. The maximum atomic E-state index is 13.0. The third-order valence-electron chi connectivity index (χ3n) is 4.13. The Morgan fingerprint density at radius 2 is 1.80 bits per heavy atom. The van der Waals surface area contributed by atoms with Crippen molar-refractivity contribution in [1.82, 2.24) is 23.6 Å². The van der Waals surface area contributed by atoms with Crippen LogP contribution in [0.4, 0.5) is 13.2 Å². The first-order valence-corrected chi connectivity index (χ1v) is 9.37. The Morgan fingerprint density at radius 1 is 1.12 bits per heavy atom. The fourth-order valence-electron chi connectivity index (χ4n) is 2.83. The van der Waals surface area contributed by atoms with Gasteiger partial charge in [0.25, 0.3) is 10.2 Å². The lowest BCUT2D eigenvalue weighted by Crippen LogP contribution is -2.41. The molecule has 0 bridgehead atoms. The van der Waals surface area contributed by atoms with Gasteiger partial charge in [-0.05, 0) is 25.0 Å². The molecule has 2 aromatic rings. The lowest BCUT2D eigenvalue weighted by atomic mass is 10.2. The van der Waals surface area contributed by atoms with Crippen LogP contribution in [0.25, 0.3) is 5.65 Å². The average molecular weight is 377 g/mol. The smallest absolute Gasteiger partial charge is 0.285 e. The highest BCUT2D eigenvalue weighted by Gasteiger charge is 2.34. The van der Waals surface area contributed by atoms with Crippen molar-refractivity contribution < 1.29 is 21.6 Å². The monoisotopic (exact) mass is 377 g/mol. The van der Waals surface area contributed by atoms with E-state index in [0.29, 0.717) is 13.1 Å². The molecule has 2 aromatic heterocycles. The number of nitrogens with one attached hydrogen (secondary N) is 1. The third kappa shape index (κ3) is 3.93. The summed E-state index contributed by atoms with van der Waals surface area (Å²) in [5, 5.41) is 7.26. The van der Waals surface area contributed by atoms with Crippen LogP contribution in [-0.4, -0.2) is 40.4 Å². The van der Waals surface area contributed by atoms with Gasteiger partial charge in [-0.1, -0.05) is 12.8 Å². The molecular formula is C14H18F3N5O2S. The van der Waals surface area contributed by atoms with Crippen molar-refractivity contribution in [3.8, 4) is 0 Å². The molecule has 1 aliphatic heterocycles. The molecule has 0 unspecified atom stereocenters. The van der Waals surface area contributed by atoms with Gasteiger partial charge in [-0.2, -0.15) is 30.6 Å². The Balaban J connectivity index is 1.79. The number of aromatic nitrogens is 3. The zero-order valence-corrected chi connectivity index (χ0v) is 14.1. The van der Waals surface area contributed by atoms with Crippen LogP contribution in [0.15, 0.2) is 18.3 Å². The Morgan fingerprint density at radius 3 is 2.44 bits per heavy atom. The number of rotatable bonds is 4. The number of hydrogen-bond donors (Lipinski definition) is 1. The molecule has 11 heteroatoms. The van der Waals surface area contributed by atoms with Crippen molar-refractivity contribution in [2.75, 3.05) is 13.1 Å². The number of halogens is 3. The summed E-state index contributed by atoms with van der Waals surface area (Å²) in [6.45, 7) is 0.642. The van der Waals surface area contributed by atoms with Crippen LogP contribution >= 0.6 is 0 Å². The molecule has 0 atom stereocenters. The molecule has 1 fully saturated rings. The molecule has 1 N–H and O–H groups in total. The Labute approximate surface area is 143 Å². The lowest BCUT2D eigenvalue weighted by Gasteiger charge is -2.19. The molecule has 3 heterocycles. The van der Waals surface area contributed by atoms with E-state index in [9.17, 15) is 21.6 Å². The molecule has 0 saturated carbocycles. The summed E-state index contributed by atoms with van der Waals surface area (Å²) < 4.78 is 68.6. The van der Waals surface area contributed by atoms with Gasteiger partial charge < -0.3 is 0 Å². The zero-order valence-electron chi connectivity index (χ0n) is 13.3. The highest BCUT2D eigenvalue weighted by Crippen LogP contribution is 2.31. The molecule has 3 rings (SSSR count). The number of pyridine rings is 1. The second-order valence-corrected chi connectivity index (χ2v) is 7.62. The van der Waals surface area contributed by atoms with E-state index in [-0.39, 0.29) is 18.0 Å². The molecule has 0 amide bonds. The summed E-state index contributed by atoms with van der Waals surface area (Å²) >= 11 is 0. The number of hydrogen-bond acceptors (Lipinski definition) is 4. The summed E-state index contributed by atoms with van der Waals surface area (Å²) in [6, 6.07) is 2.14. The fraction of sp³-hybridized carbons (Fsp3) is 0.571. The van der Waals surface area contributed by atoms with Gasteiger partial charge in [-0.25, -0.2) is 0 Å². The van der Waals surface area contributed by atoms with E-state index in [0.717, 1.165) is 36.2 Å². The summed E-state index contributed by atoms with van der Waals surface area (Å²) in [7, 11) is -3.71. The summed E-state index contributed by atoms with van der Waals surface area (Å²) in [5.41, 5.74) is -1.26. The van der Waals surface area contributed by atoms with Crippen LogP contribution in [0.3, 0.4) is 0 Å². The van der Waals surface area contributed by atoms with Crippen LogP contribution in [0.2, 0.25) is 0 Å². The number of nitrogens with zero attached hydrogens (tertiary/aromatic N) is 4. The van der Waals surface area contributed by atoms with E-state index in [1.165, 1.54) is 16.6 Å². The van der Waals surface area contributed by atoms with Crippen LogP contribution < -0.4 is 4.72 Å². The SMILES string of the molecule is O=S(=O)(NCc1nnc2c(C(F)(F)F)cccn12)N1CCCCCC1. The first kappa shape index (κ1) is 18.1. The fourth-order valence-corrected chi connectivity index (χ4v) is 4.07. The minimum absolute atomic E-state index is 0.0968. The molecule has 0 radical (unpaired) electrons. The van der Waals surface area contributed by atoms with Crippen molar-refractivity contribution in [2.24, 2.45) is 0 Å². The van der Waals surface area contributed by atoms with Gasteiger partial charge in [0.2, 0.25) is 0 Å². The maximum Gasteiger partial charge on any atom is 0.420 e. The first-order chi connectivity index (χ1) is 11.8. The molecule has 7 nitrogen and oxygen atoms in total. The quantitative estimate of drug-likeness (QED) is 0.883. The van der Waals surface area contributed by atoms with Gasteiger partial charge in [0, 0.05) is 19.3 Å². The molecule has 138 valence electrons. The van der Waals surface area contributed by atoms with E-state index < -0.39 is 21.9 Å². The summed E-state index contributed by atoms with van der Waals surface area (Å²) in [5.74, 6) is 0.0968. The molecule has 25 heavy (non-hydrogen) atoms. The standard InChI is InChI=1S/C14H18F3N5O2S/c15-14(16,17)11-6-5-9-22-12(19-20-13(11)22)10-18-25(23,24)21-7-3-1-2-4-8-21/h5-6,9,18H,1-4,7-8,10H2. The van der Waals surface area contributed by atoms with Gasteiger partial charge in [0.15, 0.2) is 11.5 Å². The van der Waals surface area contributed by atoms with Crippen molar-refractivity contribution in [3.05, 3.63) is 29.7 Å². The molecule has 0 spiro atoms. The number of fused-ring (bicyclic) bond motifs is 1. The number of alkyl halides is 3. The molecule has 1 saturated heterocycles. The minimum atomic E-state index is -4.56. The molecule has 0 aromatic carbocycles. The normalized spacial score (nSPS) is 17.7. The van der Waals surface area contributed by atoms with Crippen LogP contribution in [0.1, 0.15) is 37.1 Å². The van der Waals surface area contributed by atoms with Gasteiger partial charge in [0.05, 0.1) is 6.54 Å². The molecule has 0 aliphatic carbocycles. The Kier molecular flexibility index (Phi) is 4.98. The molecular weight excluding hydrogens is 359 g/mol. The summed E-state index contributed by atoms with van der Waals surface area (Å²) in [4.78, 5) is 0. The van der Waals surface area contributed by atoms with E-state index in [4.69, 9.17) is 0 Å². The van der Waals surface area contributed by atoms with Crippen molar-refractivity contribution in [3.63, 3.8) is 0 Å². The second kappa shape index (κ2) is 6.89. The van der Waals surface area contributed by atoms with Crippen LogP contribution in [0, 0.1) is 0 Å². The predicted molar refractivity (Wildman–Crippen MR) is 83.8 cm³/mol. The van der Waals surface area contributed by atoms with E-state index >= 15 is 0 Å². The van der Waals surface area contributed by atoms with Gasteiger partial charge in [-0.3, -0.25) is 4.40 Å². The van der Waals surface area contributed by atoms with E-state index in [1.54, 1.807) is 0 Å². The topological polar surface area (TPSA) is 79.6 Å². The maximum absolute atomic E-state index is 13.0. The first-order valence-electron chi connectivity index (χ1n) is 7.93. The van der Waals surface area contributed by atoms with E-state index in [1.807, 2.05) is 0 Å². The van der Waals surface area contributed by atoms with Crippen LogP contribution in [0.5, 0.6) is 0 Å². The minimum Gasteiger partial charge on any atom is -0.285 e. The Hall–Kier alpha value is -1.72. The third-order valence-corrected chi connectivity index (χ3v) is 5.68. The summed E-state index contributed by atoms with van der Waals surface area (Å²) in [6.07, 6.45) is 0.383. The molecule has 1 aliphatic rings. The van der Waals surface area contributed by atoms with Crippen molar-refractivity contribution in [1.29, 1.82) is 0 Å². The highest BCUT2D eigenvalue weighted by molar-refractivity contribution is 7.87. The Bertz CT molecular complexity index is 842. The van der Waals surface area contributed by atoms with Gasteiger partial charge in [0.1, 0.15) is 5.56 Å². The van der Waals surface area contributed by atoms with Gasteiger partial charge in [-0.15, -0.1) is 10.2 Å². The van der Waals surface area contributed by atoms with Gasteiger partial charge >= 0.3 is 6.18 Å².